The fraction of sp³-hybridized carbons (Fsp3) is 0.750. The Kier molecular flexibility index (Phi) is 10.6. The summed E-state index contributed by atoms with van der Waals surface area (Å²) in [6.45, 7) is 8.74. The summed E-state index contributed by atoms with van der Waals surface area (Å²) < 4.78 is 0. The number of rotatable bonds is 12. The molecule has 0 rings (SSSR count). The third-order valence-electron chi connectivity index (χ3n) is 5.29. The summed E-state index contributed by atoms with van der Waals surface area (Å²) in [5, 5.41) is 19.8. The molecule has 0 saturated heterocycles. The Morgan fingerprint density at radius 2 is 1.35 bits per heavy atom. The molecule has 0 radical (unpaired) electrons. The fourth-order valence-corrected chi connectivity index (χ4v) is 2.96. The number of carbonyl (C=O) groups is 5. The molecule has 6 unspecified atom stereocenters. The van der Waals surface area contributed by atoms with Crippen LogP contribution in [0.3, 0.4) is 0 Å². The van der Waals surface area contributed by atoms with E-state index in [4.69, 9.17) is 17.2 Å². The highest BCUT2D eigenvalue weighted by atomic mass is 16.4. The van der Waals surface area contributed by atoms with Crippen molar-refractivity contribution in [3.05, 3.63) is 0 Å². The molecule has 0 bridgehead atoms. The molecule has 0 aromatic rings. The number of nitrogens with zero attached hydrogens (tertiary/aromatic N) is 1. The second-order valence-electron chi connectivity index (χ2n) is 8.34. The second-order valence-corrected chi connectivity index (χ2v) is 8.34. The van der Waals surface area contributed by atoms with Crippen molar-refractivity contribution in [1.82, 2.24) is 4.90 Å². The predicted molar refractivity (Wildman–Crippen MR) is 112 cm³/mol. The van der Waals surface area contributed by atoms with E-state index < -0.39 is 77.4 Å². The monoisotopic (exact) mass is 444 g/mol. The summed E-state index contributed by atoms with van der Waals surface area (Å²) in [6, 6.07) is -4.34. The van der Waals surface area contributed by atoms with E-state index in [1.54, 1.807) is 27.7 Å². The van der Waals surface area contributed by atoms with Gasteiger partial charge in [-0.05, 0) is 25.7 Å². The van der Waals surface area contributed by atoms with Crippen LogP contribution in [-0.4, -0.2) is 74.2 Å². The van der Waals surface area contributed by atoms with E-state index in [9.17, 15) is 34.2 Å². The van der Waals surface area contributed by atoms with Crippen LogP contribution in [0.25, 0.3) is 0 Å². The van der Waals surface area contributed by atoms with Crippen LogP contribution in [0.15, 0.2) is 0 Å². The zero-order chi connectivity index (χ0) is 24.8. The van der Waals surface area contributed by atoms with Gasteiger partial charge in [0.1, 0.15) is 0 Å². The Hall–Kier alpha value is -2.21. The van der Waals surface area contributed by atoms with Crippen LogP contribution in [0, 0.1) is 11.8 Å². The summed E-state index contributed by atoms with van der Waals surface area (Å²) >= 11 is 0. The highest BCUT2D eigenvalue weighted by Gasteiger charge is 2.62. The highest BCUT2D eigenvalue weighted by Crippen LogP contribution is 2.27. The van der Waals surface area contributed by atoms with Crippen molar-refractivity contribution in [2.45, 2.75) is 84.2 Å². The van der Waals surface area contributed by atoms with Crippen LogP contribution in [0.4, 0.5) is 0 Å². The van der Waals surface area contributed by atoms with E-state index in [0.29, 0.717) is 6.42 Å². The number of hydrogen-bond acceptors (Lipinski definition) is 9. The van der Waals surface area contributed by atoms with Crippen LogP contribution in [-0.2, 0) is 24.0 Å². The van der Waals surface area contributed by atoms with Gasteiger partial charge in [0.25, 0.3) is 5.54 Å². The molecule has 0 spiro atoms. The molecule has 31 heavy (non-hydrogen) atoms. The van der Waals surface area contributed by atoms with Crippen molar-refractivity contribution in [2.75, 3.05) is 0 Å². The Morgan fingerprint density at radius 1 is 0.903 bits per heavy atom. The van der Waals surface area contributed by atoms with Gasteiger partial charge >= 0.3 is 5.97 Å². The van der Waals surface area contributed by atoms with Crippen LogP contribution in [0.5, 0.6) is 0 Å². The van der Waals surface area contributed by atoms with Gasteiger partial charge in [-0.25, -0.2) is 9.69 Å². The molecular formula is C20H36N4O7. The minimum Gasteiger partial charge on any atom is -0.479 e. The number of amides is 2. The van der Waals surface area contributed by atoms with Crippen molar-refractivity contribution in [1.29, 1.82) is 0 Å². The molecule has 0 aliphatic rings. The standard InChI is InChI=1S/C20H36N4O7/c1-7-10(4)15(23)18(29)24(17(28)14(22)9(2)3)20(19(30)31,16(27)12(6)21)13(26)8-11(5)25/h9-12,14-15,25H,7-8,21-23H2,1-6H3,(H,30,31). The maximum Gasteiger partial charge on any atom is 0.345 e. The summed E-state index contributed by atoms with van der Waals surface area (Å²) in [5.41, 5.74) is 14.2. The number of aliphatic hydroxyl groups excluding tert-OH is 1. The molecule has 11 nitrogen and oxygen atoms in total. The topological polar surface area (TPSA) is 207 Å². The van der Waals surface area contributed by atoms with Crippen molar-refractivity contribution in [2.24, 2.45) is 29.0 Å². The van der Waals surface area contributed by atoms with Gasteiger partial charge in [-0.2, -0.15) is 0 Å². The van der Waals surface area contributed by atoms with E-state index >= 15 is 0 Å². The first-order valence-electron chi connectivity index (χ1n) is 10.2. The Labute approximate surface area is 182 Å². The maximum atomic E-state index is 13.3. The molecule has 2 amide bonds. The normalized spacial score (nSPS) is 18.3. The van der Waals surface area contributed by atoms with Crippen LogP contribution in [0.1, 0.15) is 54.4 Å². The first-order valence-corrected chi connectivity index (χ1v) is 10.2. The zero-order valence-corrected chi connectivity index (χ0v) is 19.0. The number of carbonyl (C=O) groups excluding carboxylic acids is 4. The molecule has 0 heterocycles. The molecule has 0 aromatic heterocycles. The van der Waals surface area contributed by atoms with Gasteiger partial charge in [0.2, 0.25) is 11.8 Å². The lowest BCUT2D eigenvalue weighted by molar-refractivity contribution is -0.176. The van der Waals surface area contributed by atoms with Crippen LogP contribution >= 0.6 is 0 Å². The maximum absolute atomic E-state index is 13.3. The van der Waals surface area contributed by atoms with Gasteiger partial charge in [-0.1, -0.05) is 34.1 Å². The molecule has 0 fully saturated rings. The first kappa shape index (κ1) is 28.8. The third-order valence-corrected chi connectivity index (χ3v) is 5.29. The van der Waals surface area contributed by atoms with Crippen molar-refractivity contribution in [3.63, 3.8) is 0 Å². The van der Waals surface area contributed by atoms with E-state index in [-0.39, 0.29) is 4.90 Å². The highest BCUT2D eigenvalue weighted by molar-refractivity contribution is 6.32. The van der Waals surface area contributed by atoms with E-state index in [2.05, 4.69) is 0 Å². The summed E-state index contributed by atoms with van der Waals surface area (Å²) in [7, 11) is 0. The second kappa shape index (κ2) is 11.4. The number of ketones is 2. The molecule has 0 saturated carbocycles. The number of carboxylic acid groups (broad SMARTS) is 1. The molecule has 11 heteroatoms. The predicted octanol–water partition coefficient (Wildman–Crippen LogP) is -1.22. The minimum absolute atomic E-state index is 0.0766. The van der Waals surface area contributed by atoms with E-state index in [1.807, 2.05) is 0 Å². The number of carboxylic acids is 1. The van der Waals surface area contributed by atoms with Gasteiger partial charge in [0, 0.05) is 6.42 Å². The molecule has 0 aliphatic heterocycles. The average molecular weight is 445 g/mol. The third kappa shape index (κ3) is 5.94. The lowest BCUT2D eigenvalue weighted by Gasteiger charge is -2.41. The first-order chi connectivity index (χ1) is 14.1. The SMILES string of the molecule is CCC(C)C(N)C(=O)N(C(=O)C(N)C(C)C)C(C(=O)O)(C(=O)CC(C)O)C(=O)C(C)N. The van der Waals surface area contributed by atoms with Gasteiger partial charge in [-0.3, -0.25) is 19.2 Å². The Morgan fingerprint density at radius 3 is 1.68 bits per heavy atom. The molecular weight excluding hydrogens is 408 g/mol. The van der Waals surface area contributed by atoms with Crippen LogP contribution < -0.4 is 17.2 Å². The van der Waals surface area contributed by atoms with E-state index in [1.165, 1.54) is 6.92 Å². The molecule has 0 aromatic carbocycles. The lowest BCUT2D eigenvalue weighted by Crippen LogP contribution is -2.74. The molecule has 0 aliphatic carbocycles. The van der Waals surface area contributed by atoms with Gasteiger partial charge < -0.3 is 27.4 Å². The van der Waals surface area contributed by atoms with Crippen molar-refractivity contribution >= 4 is 29.4 Å². The Bertz CT molecular complexity index is 708. The largest absolute Gasteiger partial charge is 0.479 e. The quantitative estimate of drug-likeness (QED) is 0.227. The van der Waals surface area contributed by atoms with Crippen molar-refractivity contribution < 1.29 is 34.2 Å². The van der Waals surface area contributed by atoms with Crippen LogP contribution in [0.2, 0.25) is 0 Å². The molecule has 178 valence electrons. The zero-order valence-electron chi connectivity index (χ0n) is 19.0. The van der Waals surface area contributed by atoms with Gasteiger partial charge in [0.05, 0.1) is 24.2 Å². The molecule has 8 N–H and O–H groups in total. The molecule has 6 atom stereocenters. The number of Topliss-reactive ketones (excluding diaryl/α,β-unsaturated/α-hetero) is 2. The number of nitrogens with two attached hydrogens (primary N) is 3. The average Bonchev–Trinajstić information content (AvgIpc) is 2.67. The number of aliphatic hydroxyl groups is 1. The Balaban J connectivity index is 7.22. The van der Waals surface area contributed by atoms with Gasteiger partial charge in [0.15, 0.2) is 11.6 Å². The number of hydrogen-bond donors (Lipinski definition) is 5. The van der Waals surface area contributed by atoms with E-state index in [0.717, 1.165) is 6.92 Å². The smallest absolute Gasteiger partial charge is 0.345 e. The number of imide groups is 1. The van der Waals surface area contributed by atoms with Gasteiger partial charge in [-0.15, -0.1) is 0 Å². The summed E-state index contributed by atoms with van der Waals surface area (Å²) in [4.78, 5) is 65.4. The number of aliphatic carboxylic acids is 1. The lowest BCUT2D eigenvalue weighted by atomic mass is 9.79. The minimum atomic E-state index is -3.31. The van der Waals surface area contributed by atoms with Crippen molar-refractivity contribution in [3.8, 4) is 0 Å². The summed E-state index contributed by atoms with van der Waals surface area (Å²) in [6.07, 6.45) is -1.79. The fourth-order valence-electron chi connectivity index (χ4n) is 2.96. The summed E-state index contributed by atoms with van der Waals surface area (Å²) in [5.74, 6) is -8.38.